The van der Waals surface area contributed by atoms with Gasteiger partial charge in [-0.1, -0.05) is 0 Å². The summed E-state index contributed by atoms with van der Waals surface area (Å²) >= 11 is -0.218. The molecule has 0 bridgehead atoms. The van der Waals surface area contributed by atoms with Crippen molar-refractivity contribution in [1.29, 1.82) is 5.41 Å². The summed E-state index contributed by atoms with van der Waals surface area (Å²) in [6.07, 6.45) is 0. The van der Waals surface area contributed by atoms with Crippen molar-refractivity contribution in [3.63, 3.8) is 0 Å². The fourth-order valence-electron chi connectivity index (χ4n) is 0.820. The van der Waals surface area contributed by atoms with E-state index in [-0.39, 0.29) is 21.5 Å². The van der Waals surface area contributed by atoms with E-state index < -0.39 is 0 Å². The molecule has 0 aliphatic heterocycles. The molecule has 0 saturated heterocycles. The molecule has 0 heterocycles. The number of nitrogens with one attached hydrogen (secondary N) is 1. The summed E-state index contributed by atoms with van der Waals surface area (Å²) in [5.41, 5.74) is 11.8. The second-order valence-electron chi connectivity index (χ2n) is 2.51. The van der Waals surface area contributed by atoms with Gasteiger partial charge in [-0.3, -0.25) is 0 Å². The van der Waals surface area contributed by atoms with E-state index in [2.05, 4.69) is 4.99 Å². The molecule has 5 N–H and O–H groups in total. The zero-order chi connectivity index (χ0) is 10.4. The molecule has 0 radical (unpaired) electrons. The molecule has 0 saturated carbocycles. The van der Waals surface area contributed by atoms with E-state index in [1.54, 1.807) is 0 Å². The first-order valence-corrected chi connectivity index (χ1v) is 5.78. The minimum atomic E-state index is -0.218. The van der Waals surface area contributed by atoms with Gasteiger partial charge >= 0.3 is 88.7 Å². The Bertz CT molecular complexity index is 334. The Morgan fingerprint density at radius 1 is 1.36 bits per heavy atom. The van der Waals surface area contributed by atoms with Crippen molar-refractivity contribution in [2.45, 2.75) is 0 Å². The van der Waals surface area contributed by atoms with Gasteiger partial charge in [-0.15, -0.1) is 0 Å². The second-order valence-corrected chi connectivity index (χ2v) is 4.85. The first-order chi connectivity index (χ1) is 6.72. The summed E-state index contributed by atoms with van der Waals surface area (Å²) < 4.78 is 0.939. The number of hydrogen-bond donors (Lipinski definition) is 3. The summed E-state index contributed by atoms with van der Waals surface area (Å²) in [4.78, 5) is 4.17. The molecule has 0 atom stereocenters. The van der Waals surface area contributed by atoms with E-state index in [1.807, 2.05) is 30.3 Å². The third kappa shape index (κ3) is 3.70. The Kier molecular flexibility index (Phi) is 4.32. The monoisotopic (exact) mass is 256 g/mol. The van der Waals surface area contributed by atoms with Crippen LogP contribution in [-0.2, 0) is 0 Å². The molecular formula is C9H12N4Se. The van der Waals surface area contributed by atoms with Gasteiger partial charge in [0, 0.05) is 0 Å². The SMILES string of the molecule is N=C(CN)[Se]C(N)=Nc1ccccc1. The van der Waals surface area contributed by atoms with E-state index in [0.29, 0.717) is 9.34 Å². The summed E-state index contributed by atoms with van der Waals surface area (Å²) in [7, 11) is 0. The van der Waals surface area contributed by atoms with Crippen molar-refractivity contribution in [3.05, 3.63) is 30.3 Å². The van der Waals surface area contributed by atoms with E-state index in [9.17, 15) is 0 Å². The molecule has 1 aromatic carbocycles. The van der Waals surface area contributed by atoms with E-state index >= 15 is 0 Å². The van der Waals surface area contributed by atoms with Crippen LogP contribution in [0.4, 0.5) is 5.69 Å². The van der Waals surface area contributed by atoms with Crippen LogP contribution in [0, 0.1) is 5.41 Å². The summed E-state index contributed by atoms with van der Waals surface area (Å²) in [5, 5.41) is 7.38. The molecule has 1 rings (SSSR count). The van der Waals surface area contributed by atoms with Crippen LogP contribution in [0.3, 0.4) is 0 Å². The van der Waals surface area contributed by atoms with Crippen molar-refractivity contribution in [2.24, 2.45) is 16.5 Å². The van der Waals surface area contributed by atoms with E-state index in [4.69, 9.17) is 16.9 Å². The number of amidine groups is 1. The van der Waals surface area contributed by atoms with Gasteiger partial charge in [0.05, 0.1) is 0 Å². The second kappa shape index (κ2) is 5.54. The van der Waals surface area contributed by atoms with Crippen molar-refractivity contribution in [2.75, 3.05) is 6.54 Å². The minimum absolute atomic E-state index is 0.218. The van der Waals surface area contributed by atoms with Gasteiger partial charge in [0.15, 0.2) is 0 Å². The average Bonchev–Trinajstić information content (AvgIpc) is 2.19. The van der Waals surface area contributed by atoms with E-state index in [1.165, 1.54) is 0 Å². The number of rotatable bonds is 4. The fraction of sp³-hybridized carbons (Fsp3) is 0.111. The average molecular weight is 255 g/mol. The van der Waals surface area contributed by atoms with Gasteiger partial charge in [-0.2, -0.15) is 0 Å². The van der Waals surface area contributed by atoms with Gasteiger partial charge < -0.3 is 0 Å². The van der Waals surface area contributed by atoms with Gasteiger partial charge in [0.2, 0.25) is 0 Å². The molecule has 14 heavy (non-hydrogen) atoms. The van der Waals surface area contributed by atoms with Crippen LogP contribution in [0.15, 0.2) is 35.3 Å². The Morgan fingerprint density at radius 3 is 2.57 bits per heavy atom. The van der Waals surface area contributed by atoms with Crippen LogP contribution in [0.1, 0.15) is 0 Å². The van der Waals surface area contributed by atoms with Crippen LogP contribution in [0.2, 0.25) is 0 Å². The first-order valence-electron chi connectivity index (χ1n) is 4.07. The van der Waals surface area contributed by atoms with Crippen LogP contribution in [0.25, 0.3) is 0 Å². The molecule has 74 valence electrons. The van der Waals surface area contributed by atoms with E-state index in [0.717, 1.165) is 5.69 Å². The maximum absolute atomic E-state index is 7.38. The van der Waals surface area contributed by atoms with Gasteiger partial charge in [0.1, 0.15) is 0 Å². The molecule has 1 aromatic rings. The molecule has 0 spiro atoms. The molecular weight excluding hydrogens is 243 g/mol. The molecule has 4 nitrogen and oxygen atoms in total. The molecule has 0 aromatic heterocycles. The first kappa shape index (κ1) is 10.9. The van der Waals surface area contributed by atoms with Crippen molar-refractivity contribution in [3.8, 4) is 0 Å². The van der Waals surface area contributed by atoms with Gasteiger partial charge in [0.25, 0.3) is 0 Å². The predicted octanol–water partition coefficient (Wildman–Crippen LogP) is 0.273. The number of benzene rings is 1. The molecule has 0 aliphatic rings. The van der Waals surface area contributed by atoms with Gasteiger partial charge in [-0.25, -0.2) is 0 Å². The number of nitrogens with two attached hydrogens (primary N) is 2. The summed E-state index contributed by atoms with van der Waals surface area (Å²) in [5.74, 6) is 0. The fourth-order valence-corrected chi connectivity index (χ4v) is 1.84. The third-order valence-corrected chi connectivity index (χ3v) is 2.91. The van der Waals surface area contributed by atoms with Crippen molar-refractivity contribution < 1.29 is 0 Å². The van der Waals surface area contributed by atoms with Crippen LogP contribution >= 0.6 is 0 Å². The van der Waals surface area contributed by atoms with Gasteiger partial charge in [-0.05, 0) is 0 Å². The summed E-state index contributed by atoms with van der Waals surface area (Å²) in [6, 6.07) is 9.45. The molecule has 5 heteroatoms. The number of aliphatic imine (C=N–C) groups is 1. The number of para-hydroxylation sites is 1. The van der Waals surface area contributed by atoms with Crippen LogP contribution in [-0.4, -0.2) is 30.8 Å². The Morgan fingerprint density at radius 2 is 2.00 bits per heavy atom. The normalized spacial score (nSPS) is 11.4. The Labute approximate surface area is 89.1 Å². The molecule has 0 amide bonds. The Hall–Kier alpha value is -1.16. The number of nitrogens with zero attached hydrogens (tertiary/aromatic N) is 1. The zero-order valence-corrected chi connectivity index (χ0v) is 9.32. The number of hydrogen-bond acceptors (Lipinski definition) is 3. The van der Waals surface area contributed by atoms with Crippen molar-refractivity contribution >= 4 is 30.0 Å². The molecule has 0 aliphatic carbocycles. The Balaban J connectivity index is 2.65. The molecule has 0 fully saturated rings. The quantitative estimate of drug-likeness (QED) is 0.409. The predicted molar refractivity (Wildman–Crippen MR) is 60.3 cm³/mol. The molecule has 0 unspecified atom stereocenters. The van der Waals surface area contributed by atoms with Crippen LogP contribution < -0.4 is 11.5 Å². The van der Waals surface area contributed by atoms with Crippen LogP contribution in [0.5, 0.6) is 0 Å². The van der Waals surface area contributed by atoms with Crippen molar-refractivity contribution in [1.82, 2.24) is 0 Å². The summed E-state index contributed by atoms with van der Waals surface area (Å²) in [6.45, 7) is 0.255. The maximum atomic E-state index is 7.38. The zero-order valence-electron chi connectivity index (χ0n) is 7.60. The standard InChI is InChI=1S/C9H12N4Se/c10-6-8(11)14-9(12)13-7-4-2-1-3-5-7/h1-5,11H,6,10H2,(H2,12,13). The topological polar surface area (TPSA) is 88.2 Å². The third-order valence-electron chi connectivity index (χ3n) is 1.41.